The molecule has 0 saturated heterocycles. The van der Waals surface area contributed by atoms with Crippen LogP contribution < -0.4 is 4.74 Å². The summed E-state index contributed by atoms with van der Waals surface area (Å²) in [6.45, 7) is 3.51. The summed E-state index contributed by atoms with van der Waals surface area (Å²) in [5.41, 5.74) is -0.0777. The van der Waals surface area contributed by atoms with Gasteiger partial charge in [0.25, 0.3) is 0 Å². The molecule has 0 atom stereocenters. The first-order valence-electron chi connectivity index (χ1n) is 5.97. The Hall–Kier alpha value is -2.17. The molecule has 5 nitrogen and oxygen atoms in total. The zero-order valence-corrected chi connectivity index (χ0v) is 10.9. The van der Waals surface area contributed by atoms with E-state index in [1.165, 1.54) is 12.1 Å². The summed E-state index contributed by atoms with van der Waals surface area (Å²) >= 11 is 0. The third-order valence-corrected chi connectivity index (χ3v) is 2.56. The largest absolute Gasteiger partial charge is 0.478 e. The van der Waals surface area contributed by atoms with Gasteiger partial charge in [0.1, 0.15) is 17.1 Å². The highest BCUT2D eigenvalue weighted by molar-refractivity contribution is 5.92. The average molecular weight is 264 g/mol. The molecule has 0 amide bonds. The van der Waals surface area contributed by atoms with Crippen LogP contribution in [0.5, 0.6) is 5.75 Å². The minimum absolute atomic E-state index is 0.00278. The van der Waals surface area contributed by atoms with Crippen molar-refractivity contribution in [2.45, 2.75) is 26.7 Å². The van der Waals surface area contributed by atoms with Gasteiger partial charge in [0.05, 0.1) is 6.42 Å². The number of carboxylic acid groups (broad SMARTS) is 1. The van der Waals surface area contributed by atoms with Crippen LogP contribution in [0.3, 0.4) is 0 Å². The highest BCUT2D eigenvalue weighted by Gasteiger charge is 2.15. The van der Waals surface area contributed by atoms with E-state index in [9.17, 15) is 14.4 Å². The summed E-state index contributed by atoms with van der Waals surface area (Å²) in [4.78, 5) is 33.8. The Morgan fingerprint density at radius 3 is 2.37 bits per heavy atom. The van der Waals surface area contributed by atoms with E-state index in [1.54, 1.807) is 26.0 Å². The van der Waals surface area contributed by atoms with Crippen LogP contribution in [0.25, 0.3) is 0 Å². The Labute approximate surface area is 111 Å². The number of para-hydroxylation sites is 1. The lowest BCUT2D eigenvalue weighted by atomic mass is 10.1. The van der Waals surface area contributed by atoms with Gasteiger partial charge in [0, 0.05) is 12.3 Å². The molecule has 0 spiro atoms. The highest BCUT2D eigenvalue weighted by atomic mass is 16.5. The molecule has 0 fully saturated rings. The van der Waals surface area contributed by atoms with Crippen molar-refractivity contribution in [3.63, 3.8) is 0 Å². The monoisotopic (exact) mass is 264 g/mol. The summed E-state index contributed by atoms with van der Waals surface area (Å²) in [7, 11) is 0. The molecule has 0 unspecified atom stereocenters. The molecule has 1 aromatic carbocycles. The minimum atomic E-state index is -1.17. The molecule has 0 aromatic heterocycles. The average Bonchev–Trinajstić information content (AvgIpc) is 2.36. The Balaban J connectivity index is 2.63. The fourth-order valence-electron chi connectivity index (χ4n) is 1.42. The molecule has 0 bridgehead atoms. The van der Waals surface area contributed by atoms with Gasteiger partial charge in [0.2, 0.25) is 0 Å². The molecule has 0 radical (unpaired) electrons. The molecule has 5 heteroatoms. The molecule has 19 heavy (non-hydrogen) atoms. The first-order chi connectivity index (χ1) is 8.91. The fourth-order valence-corrected chi connectivity index (χ4v) is 1.42. The van der Waals surface area contributed by atoms with Crippen LogP contribution in [0.15, 0.2) is 24.3 Å². The summed E-state index contributed by atoms with van der Waals surface area (Å²) in [6.07, 6.45) is 0.0523. The van der Waals surface area contributed by atoms with E-state index in [-0.39, 0.29) is 35.9 Å². The van der Waals surface area contributed by atoms with Gasteiger partial charge >= 0.3 is 11.9 Å². The van der Waals surface area contributed by atoms with E-state index in [0.29, 0.717) is 0 Å². The van der Waals surface area contributed by atoms with Gasteiger partial charge in [-0.2, -0.15) is 0 Å². The summed E-state index contributed by atoms with van der Waals surface area (Å²) in [5.74, 6) is -1.93. The molecule has 0 aliphatic heterocycles. The van der Waals surface area contributed by atoms with Crippen LogP contribution in [0.1, 0.15) is 37.0 Å². The van der Waals surface area contributed by atoms with Gasteiger partial charge < -0.3 is 9.84 Å². The quantitative estimate of drug-likeness (QED) is 0.629. The number of benzene rings is 1. The molecule has 1 N–H and O–H groups in total. The maximum Gasteiger partial charge on any atom is 0.339 e. The highest BCUT2D eigenvalue weighted by Crippen LogP contribution is 2.18. The maximum absolute atomic E-state index is 11.5. The topological polar surface area (TPSA) is 80.7 Å². The van der Waals surface area contributed by atoms with E-state index in [1.807, 2.05) is 0 Å². The number of carbonyl (C=O) groups excluding carboxylic acids is 2. The molecular formula is C14H16O5. The van der Waals surface area contributed by atoms with E-state index in [4.69, 9.17) is 9.84 Å². The van der Waals surface area contributed by atoms with Crippen molar-refractivity contribution in [3.05, 3.63) is 29.8 Å². The second-order valence-corrected chi connectivity index (χ2v) is 4.40. The van der Waals surface area contributed by atoms with Gasteiger partial charge in [-0.05, 0) is 12.1 Å². The molecule has 0 saturated carbocycles. The zero-order valence-electron chi connectivity index (χ0n) is 10.9. The summed E-state index contributed by atoms with van der Waals surface area (Å²) in [5, 5.41) is 8.92. The second-order valence-electron chi connectivity index (χ2n) is 4.40. The first-order valence-corrected chi connectivity index (χ1v) is 5.97. The molecule has 0 heterocycles. The van der Waals surface area contributed by atoms with Crippen LogP contribution in [0.4, 0.5) is 0 Å². The molecule has 1 rings (SSSR count). The third kappa shape index (κ3) is 4.54. The number of ether oxygens (including phenoxy) is 1. The minimum Gasteiger partial charge on any atom is -0.478 e. The van der Waals surface area contributed by atoms with Crippen molar-refractivity contribution in [2.75, 3.05) is 0 Å². The molecule has 0 aliphatic rings. The van der Waals surface area contributed by atoms with E-state index in [0.717, 1.165) is 0 Å². The predicted octanol–water partition coefficient (Wildman–Crippen LogP) is 2.30. The van der Waals surface area contributed by atoms with Crippen molar-refractivity contribution >= 4 is 17.7 Å². The molecule has 102 valence electrons. The number of Topliss-reactive ketones (excluding diaryl/α,β-unsaturated/α-hetero) is 1. The van der Waals surface area contributed by atoms with Crippen LogP contribution in [-0.4, -0.2) is 22.8 Å². The lowest BCUT2D eigenvalue weighted by Gasteiger charge is -2.07. The van der Waals surface area contributed by atoms with Gasteiger partial charge in [0.15, 0.2) is 0 Å². The van der Waals surface area contributed by atoms with Crippen molar-refractivity contribution in [3.8, 4) is 5.75 Å². The molecule has 0 aliphatic carbocycles. The van der Waals surface area contributed by atoms with Gasteiger partial charge in [-0.15, -0.1) is 0 Å². The molecular weight excluding hydrogens is 248 g/mol. The van der Waals surface area contributed by atoms with E-state index < -0.39 is 11.9 Å². The fraction of sp³-hybridized carbons (Fsp3) is 0.357. The van der Waals surface area contributed by atoms with Crippen molar-refractivity contribution < 1.29 is 24.2 Å². The van der Waals surface area contributed by atoms with Crippen molar-refractivity contribution in [1.82, 2.24) is 0 Å². The Morgan fingerprint density at radius 1 is 1.16 bits per heavy atom. The normalized spacial score (nSPS) is 10.3. The number of ketones is 1. The molecule has 1 aromatic rings. The summed E-state index contributed by atoms with van der Waals surface area (Å²) in [6, 6.07) is 5.88. The number of carboxylic acids is 1. The standard InChI is InChI=1S/C14H16O5/c1-9(2)11(15)7-8-13(16)19-12-6-4-3-5-10(12)14(17)18/h3-6,9H,7-8H2,1-2H3,(H,17,18). The lowest BCUT2D eigenvalue weighted by molar-refractivity contribution is -0.136. The Morgan fingerprint density at radius 2 is 1.79 bits per heavy atom. The third-order valence-electron chi connectivity index (χ3n) is 2.56. The van der Waals surface area contributed by atoms with E-state index in [2.05, 4.69) is 0 Å². The number of hydrogen-bond acceptors (Lipinski definition) is 4. The van der Waals surface area contributed by atoms with Crippen LogP contribution >= 0.6 is 0 Å². The SMILES string of the molecule is CC(C)C(=O)CCC(=O)Oc1ccccc1C(=O)O. The Kier molecular flexibility index (Phi) is 5.23. The second kappa shape index (κ2) is 6.68. The number of hydrogen-bond donors (Lipinski definition) is 1. The van der Waals surface area contributed by atoms with Gasteiger partial charge in [-0.3, -0.25) is 9.59 Å². The van der Waals surface area contributed by atoms with Crippen LogP contribution in [-0.2, 0) is 9.59 Å². The van der Waals surface area contributed by atoms with Gasteiger partial charge in [-0.1, -0.05) is 26.0 Å². The summed E-state index contributed by atoms with van der Waals surface area (Å²) < 4.78 is 4.96. The van der Waals surface area contributed by atoms with Crippen LogP contribution in [0.2, 0.25) is 0 Å². The Bertz CT molecular complexity index is 490. The maximum atomic E-state index is 11.5. The first kappa shape index (κ1) is 14.9. The number of esters is 1. The lowest BCUT2D eigenvalue weighted by Crippen LogP contribution is -2.14. The predicted molar refractivity (Wildman–Crippen MR) is 68.1 cm³/mol. The smallest absolute Gasteiger partial charge is 0.339 e. The number of aromatic carboxylic acids is 1. The van der Waals surface area contributed by atoms with Crippen LogP contribution in [0, 0.1) is 5.92 Å². The van der Waals surface area contributed by atoms with Gasteiger partial charge in [-0.25, -0.2) is 4.79 Å². The van der Waals surface area contributed by atoms with Crippen molar-refractivity contribution in [1.29, 1.82) is 0 Å². The number of rotatable bonds is 6. The zero-order chi connectivity index (χ0) is 14.4. The van der Waals surface area contributed by atoms with Crippen molar-refractivity contribution in [2.24, 2.45) is 5.92 Å². The van der Waals surface area contributed by atoms with E-state index >= 15 is 0 Å². The number of carbonyl (C=O) groups is 3.